The molecule has 0 saturated carbocycles. The topological polar surface area (TPSA) is 73.2 Å². The first kappa shape index (κ1) is 14.8. The van der Waals surface area contributed by atoms with Crippen molar-refractivity contribution in [3.05, 3.63) is 58.8 Å². The van der Waals surface area contributed by atoms with Crippen LogP contribution < -0.4 is 15.6 Å². The largest absolute Gasteiger partial charge is 0.484 e. The number of rotatable bonds is 6. The van der Waals surface area contributed by atoms with Crippen molar-refractivity contribution in [2.75, 3.05) is 13.2 Å². The molecule has 0 fully saturated rings. The molecule has 0 saturated heterocycles. The number of nitrogens with zero attached hydrogens (tertiary/aromatic N) is 2. The third-order valence-corrected chi connectivity index (χ3v) is 2.86. The van der Waals surface area contributed by atoms with E-state index in [1.165, 1.54) is 17.1 Å². The maximum Gasteiger partial charge on any atom is 0.258 e. The number of para-hydroxylation sites is 1. The summed E-state index contributed by atoms with van der Waals surface area (Å²) < 4.78 is 6.79. The third kappa shape index (κ3) is 4.45. The van der Waals surface area contributed by atoms with Crippen LogP contribution in [-0.4, -0.2) is 28.6 Å². The molecule has 0 spiro atoms. The van der Waals surface area contributed by atoms with E-state index in [1.54, 1.807) is 19.1 Å². The number of benzene rings is 1. The van der Waals surface area contributed by atoms with Crippen LogP contribution in [0.2, 0.25) is 0 Å². The van der Waals surface area contributed by atoms with Gasteiger partial charge in [-0.25, -0.2) is 4.98 Å². The Morgan fingerprint density at radius 2 is 2.10 bits per heavy atom. The van der Waals surface area contributed by atoms with Crippen LogP contribution in [0.25, 0.3) is 0 Å². The Labute approximate surface area is 122 Å². The smallest absolute Gasteiger partial charge is 0.258 e. The molecular formula is C15H17N3O3. The number of hydrogen-bond acceptors (Lipinski definition) is 4. The molecular weight excluding hydrogens is 270 g/mol. The maximum absolute atomic E-state index is 11.7. The Morgan fingerprint density at radius 3 is 2.86 bits per heavy atom. The average molecular weight is 287 g/mol. The number of hydrogen-bond donors (Lipinski definition) is 1. The Balaban J connectivity index is 1.74. The molecule has 0 aliphatic rings. The van der Waals surface area contributed by atoms with Crippen molar-refractivity contribution in [2.24, 2.45) is 0 Å². The summed E-state index contributed by atoms with van der Waals surface area (Å²) in [6, 6.07) is 9.12. The minimum absolute atomic E-state index is 0.0506. The summed E-state index contributed by atoms with van der Waals surface area (Å²) in [5.74, 6) is 0.416. The summed E-state index contributed by atoms with van der Waals surface area (Å²) in [5, 5.41) is 2.70. The van der Waals surface area contributed by atoms with E-state index < -0.39 is 0 Å². The first-order valence-electron chi connectivity index (χ1n) is 6.62. The fourth-order valence-electron chi connectivity index (χ4n) is 1.75. The third-order valence-electron chi connectivity index (χ3n) is 2.86. The standard InChI is InChI=1S/C15H17N3O3/c1-12-9-16-11-18(15(12)20)8-7-17-14(19)10-21-13-5-3-2-4-6-13/h2-6,9,11H,7-8,10H2,1H3,(H,17,19). The summed E-state index contributed by atoms with van der Waals surface area (Å²) >= 11 is 0. The van der Waals surface area contributed by atoms with E-state index in [0.29, 0.717) is 24.4 Å². The number of nitrogens with one attached hydrogen (secondary N) is 1. The van der Waals surface area contributed by atoms with Crippen molar-refractivity contribution >= 4 is 5.91 Å². The first-order valence-corrected chi connectivity index (χ1v) is 6.62. The Morgan fingerprint density at radius 1 is 1.33 bits per heavy atom. The molecule has 0 unspecified atom stereocenters. The second kappa shape index (κ2) is 7.23. The van der Waals surface area contributed by atoms with Gasteiger partial charge in [-0.2, -0.15) is 0 Å². The normalized spacial score (nSPS) is 10.1. The number of aromatic nitrogens is 2. The van der Waals surface area contributed by atoms with Crippen molar-refractivity contribution in [1.29, 1.82) is 0 Å². The first-order chi connectivity index (χ1) is 10.2. The van der Waals surface area contributed by atoms with Crippen molar-refractivity contribution in [2.45, 2.75) is 13.5 Å². The fraction of sp³-hybridized carbons (Fsp3) is 0.267. The Hall–Kier alpha value is -2.63. The zero-order valence-electron chi connectivity index (χ0n) is 11.8. The number of aryl methyl sites for hydroxylation is 1. The van der Waals surface area contributed by atoms with Gasteiger partial charge in [0.2, 0.25) is 0 Å². The summed E-state index contributed by atoms with van der Waals surface area (Å²) in [7, 11) is 0. The van der Waals surface area contributed by atoms with Crippen LogP contribution in [0.3, 0.4) is 0 Å². The lowest BCUT2D eigenvalue weighted by Crippen LogP contribution is -2.34. The zero-order chi connectivity index (χ0) is 15.1. The van der Waals surface area contributed by atoms with E-state index in [9.17, 15) is 9.59 Å². The molecule has 6 heteroatoms. The number of amides is 1. The summed E-state index contributed by atoms with van der Waals surface area (Å²) in [5.41, 5.74) is 0.482. The van der Waals surface area contributed by atoms with Crippen LogP contribution >= 0.6 is 0 Å². The molecule has 6 nitrogen and oxygen atoms in total. The van der Waals surface area contributed by atoms with Gasteiger partial charge in [0, 0.05) is 24.8 Å². The predicted octanol–water partition coefficient (Wildman–Crippen LogP) is 0.747. The quantitative estimate of drug-likeness (QED) is 0.851. The van der Waals surface area contributed by atoms with Crippen LogP contribution in [-0.2, 0) is 11.3 Å². The minimum Gasteiger partial charge on any atom is -0.484 e. The van der Waals surface area contributed by atoms with Gasteiger partial charge in [0.25, 0.3) is 11.5 Å². The molecule has 1 N–H and O–H groups in total. The van der Waals surface area contributed by atoms with Crippen molar-refractivity contribution in [3.8, 4) is 5.75 Å². The molecule has 1 aromatic carbocycles. The van der Waals surface area contributed by atoms with Crippen LogP contribution in [0.4, 0.5) is 0 Å². The van der Waals surface area contributed by atoms with Crippen molar-refractivity contribution in [3.63, 3.8) is 0 Å². The lowest BCUT2D eigenvalue weighted by molar-refractivity contribution is -0.123. The molecule has 1 amide bonds. The molecule has 1 heterocycles. The minimum atomic E-state index is -0.229. The molecule has 0 bridgehead atoms. The summed E-state index contributed by atoms with van der Waals surface area (Å²) in [4.78, 5) is 27.3. The summed E-state index contributed by atoms with van der Waals surface area (Å²) in [6.07, 6.45) is 2.98. The van der Waals surface area contributed by atoms with Gasteiger partial charge in [-0.3, -0.25) is 14.2 Å². The Bertz CT molecular complexity index is 653. The van der Waals surface area contributed by atoms with E-state index >= 15 is 0 Å². The molecule has 2 rings (SSSR count). The highest BCUT2D eigenvalue weighted by Crippen LogP contribution is 2.07. The molecule has 1 aromatic heterocycles. The van der Waals surface area contributed by atoms with Crippen LogP contribution in [0.15, 0.2) is 47.7 Å². The highest BCUT2D eigenvalue weighted by Gasteiger charge is 2.03. The van der Waals surface area contributed by atoms with Gasteiger partial charge in [-0.15, -0.1) is 0 Å². The van der Waals surface area contributed by atoms with Gasteiger partial charge >= 0.3 is 0 Å². The van der Waals surface area contributed by atoms with E-state index in [4.69, 9.17) is 4.74 Å². The highest BCUT2D eigenvalue weighted by atomic mass is 16.5. The van der Waals surface area contributed by atoms with Gasteiger partial charge in [0.05, 0.1) is 6.33 Å². The fourth-order valence-corrected chi connectivity index (χ4v) is 1.75. The van der Waals surface area contributed by atoms with E-state index in [0.717, 1.165) is 0 Å². The maximum atomic E-state index is 11.7. The molecule has 0 radical (unpaired) electrons. The number of ether oxygens (including phenoxy) is 1. The van der Waals surface area contributed by atoms with Crippen LogP contribution in [0, 0.1) is 6.92 Å². The van der Waals surface area contributed by atoms with Crippen LogP contribution in [0.5, 0.6) is 5.75 Å². The number of carbonyl (C=O) groups excluding carboxylic acids is 1. The molecule has 0 aliphatic heterocycles. The van der Waals surface area contributed by atoms with Gasteiger partial charge < -0.3 is 10.1 Å². The molecule has 2 aromatic rings. The molecule has 110 valence electrons. The van der Waals surface area contributed by atoms with Crippen molar-refractivity contribution < 1.29 is 9.53 Å². The van der Waals surface area contributed by atoms with Gasteiger partial charge in [0.15, 0.2) is 6.61 Å². The average Bonchev–Trinajstić information content (AvgIpc) is 2.50. The SMILES string of the molecule is Cc1cncn(CCNC(=O)COc2ccccc2)c1=O. The summed E-state index contributed by atoms with van der Waals surface area (Å²) in [6.45, 7) is 2.38. The highest BCUT2D eigenvalue weighted by molar-refractivity contribution is 5.77. The monoisotopic (exact) mass is 287 g/mol. The lowest BCUT2D eigenvalue weighted by atomic mass is 10.3. The van der Waals surface area contributed by atoms with E-state index in [2.05, 4.69) is 10.3 Å². The van der Waals surface area contributed by atoms with Gasteiger partial charge in [-0.1, -0.05) is 18.2 Å². The molecule has 21 heavy (non-hydrogen) atoms. The molecule has 0 aliphatic carbocycles. The van der Waals surface area contributed by atoms with Gasteiger partial charge in [-0.05, 0) is 19.1 Å². The lowest BCUT2D eigenvalue weighted by Gasteiger charge is -2.08. The van der Waals surface area contributed by atoms with E-state index in [-0.39, 0.29) is 18.1 Å². The van der Waals surface area contributed by atoms with Crippen LogP contribution in [0.1, 0.15) is 5.56 Å². The number of carbonyl (C=O) groups is 1. The van der Waals surface area contributed by atoms with Gasteiger partial charge in [0.1, 0.15) is 5.75 Å². The van der Waals surface area contributed by atoms with E-state index in [1.807, 2.05) is 18.2 Å². The zero-order valence-corrected chi connectivity index (χ0v) is 11.8. The predicted molar refractivity (Wildman–Crippen MR) is 78.2 cm³/mol. The van der Waals surface area contributed by atoms with Crippen molar-refractivity contribution in [1.82, 2.24) is 14.9 Å². The molecule has 0 atom stereocenters. The Kier molecular flexibility index (Phi) is 5.09. The second-order valence-corrected chi connectivity index (χ2v) is 4.53. The second-order valence-electron chi connectivity index (χ2n) is 4.53.